The van der Waals surface area contributed by atoms with Crippen molar-refractivity contribution in [3.05, 3.63) is 59.7 Å². The van der Waals surface area contributed by atoms with Crippen LogP contribution in [0.1, 0.15) is 25.3 Å². The number of aryl methyl sites for hydroxylation is 1. The van der Waals surface area contributed by atoms with Gasteiger partial charge in [0.25, 0.3) is 0 Å². The molecule has 1 aliphatic rings. The van der Waals surface area contributed by atoms with Crippen LogP contribution in [0.25, 0.3) is 0 Å². The fraction of sp³-hybridized carbons (Fsp3) is 0.350. The van der Waals surface area contributed by atoms with E-state index >= 15 is 0 Å². The van der Waals surface area contributed by atoms with Gasteiger partial charge < -0.3 is 4.74 Å². The van der Waals surface area contributed by atoms with Crippen molar-refractivity contribution in [2.45, 2.75) is 36.8 Å². The van der Waals surface area contributed by atoms with Gasteiger partial charge in [0.05, 0.1) is 0 Å². The van der Waals surface area contributed by atoms with Gasteiger partial charge in [0.1, 0.15) is 11.6 Å². The van der Waals surface area contributed by atoms with Crippen LogP contribution in [0.3, 0.4) is 0 Å². The van der Waals surface area contributed by atoms with E-state index in [-0.39, 0.29) is 25.9 Å². The number of nitrogens with zero attached hydrogens (tertiary/aromatic N) is 1. The van der Waals surface area contributed by atoms with E-state index in [4.69, 9.17) is 10.5 Å². The number of hydrogen-bond acceptors (Lipinski definition) is 5. The zero-order chi connectivity index (χ0) is 21.9. The Balaban J connectivity index is 1.62. The summed E-state index contributed by atoms with van der Waals surface area (Å²) in [6.07, 6.45) is 0.0557. The number of hydrogen-bond donors (Lipinski definition) is 2. The topological polar surface area (TPSA) is 102 Å². The van der Waals surface area contributed by atoms with Gasteiger partial charge in [-0.15, -0.1) is 0 Å². The monoisotopic (exact) mass is 439 g/mol. The highest BCUT2D eigenvalue weighted by Crippen LogP contribution is 2.29. The molecule has 0 unspecified atom stereocenters. The highest BCUT2D eigenvalue weighted by Gasteiger charge is 2.40. The molecule has 10 heteroatoms. The molecular weight excluding hydrogens is 416 g/mol. The smallest absolute Gasteiger partial charge is 0.413 e. The number of amides is 1. The average Bonchev–Trinajstić information content (AvgIpc) is 2.68. The molecule has 1 saturated heterocycles. The van der Waals surface area contributed by atoms with Gasteiger partial charge in [-0.25, -0.2) is 22.0 Å². The maximum atomic E-state index is 13.9. The number of carbonyl (C=O) groups excluding carboxylic acids is 1. The van der Waals surface area contributed by atoms with Gasteiger partial charge in [0.15, 0.2) is 10.6 Å². The van der Waals surface area contributed by atoms with Crippen LogP contribution >= 0.6 is 0 Å². The van der Waals surface area contributed by atoms with E-state index in [9.17, 15) is 22.0 Å². The quantitative estimate of drug-likeness (QED) is 0.697. The molecule has 1 heterocycles. The molecule has 30 heavy (non-hydrogen) atoms. The van der Waals surface area contributed by atoms with Crippen molar-refractivity contribution in [3.63, 3.8) is 0 Å². The molecule has 0 bridgehead atoms. The summed E-state index contributed by atoms with van der Waals surface area (Å²) in [7, 11) is -4.39. The first-order valence-corrected chi connectivity index (χ1v) is 10.9. The van der Waals surface area contributed by atoms with E-state index in [0.717, 1.165) is 34.5 Å². The molecule has 162 valence electrons. The molecule has 0 spiro atoms. The van der Waals surface area contributed by atoms with Crippen molar-refractivity contribution >= 4 is 21.8 Å². The summed E-state index contributed by atoms with van der Waals surface area (Å²) in [6, 6.07) is 10.1. The van der Waals surface area contributed by atoms with Gasteiger partial charge in [0, 0.05) is 31.6 Å². The number of piperidine rings is 1. The Bertz CT molecular complexity index is 1000. The second kappa shape index (κ2) is 8.66. The molecule has 1 aliphatic heterocycles. The zero-order valence-electron chi connectivity index (χ0n) is 16.4. The predicted molar refractivity (Wildman–Crippen MR) is 107 cm³/mol. The third kappa shape index (κ3) is 4.77. The summed E-state index contributed by atoms with van der Waals surface area (Å²) in [5, 5.41) is 2.58. The second-order valence-corrected chi connectivity index (χ2v) is 8.96. The summed E-state index contributed by atoms with van der Waals surface area (Å²) in [5.74, 6) is -2.33. The summed E-state index contributed by atoms with van der Waals surface area (Å²) >= 11 is 0. The van der Waals surface area contributed by atoms with Crippen molar-refractivity contribution in [2.75, 3.05) is 18.4 Å². The van der Waals surface area contributed by atoms with E-state index in [0.29, 0.717) is 5.69 Å². The number of ether oxygens (including phenoxy) is 1. The van der Waals surface area contributed by atoms with Gasteiger partial charge in [-0.2, -0.15) is 4.31 Å². The molecule has 3 rings (SSSR count). The van der Waals surface area contributed by atoms with Crippen LogP contribution in [-0.2, 0) is 21.2 Å². The van der Waals surface area contributed by atoms with Crippen LogP contribution in [0.4, 0.5) is 19.3 Å². The summed E-state index contributed by atoms with van der Waals surface area (Å²) in [5.41, 5.74) is 6.37. The third-order valence-electron chi connectivity index (χ3n) is 4.99. The molecule has 1 amide bonds. The zero-order valence-corrected chi connectivity index (χ0v) is 17.2. The van der Waals surface area contributed by atoms with E-state index in [2.05, 4.69) is 5.32 Å². The van der Waals surface area contributed by atoms with Gasteiger partial charge in [-0.1, -0.05) is 25.1 Å². The molecule has 7 nitrogen and oxygen atoms in total. The standard InChI is InChI=1S/C20H23F2N3O4S/c1-2-14-6-8-15(9-7-14)24-19(26)29-20(23)10-12-25(13-11-20)30(27,28)18-16(21)4-3-5-17(18)22/h3-9H,2,10-13,23H2,1H3,(H,24,26). The maximum absolute atomic E-state index is 13.9. The number of carbonyl (C=O) groups is 1. The Morgan fingerprint density at radius 3 is 2.23 bits per heavy atom. The van der Waals surface area contributed by atoms with Gasteiger partial charge in [-0.3, -0.25) is 11.1 Å². The van der Waals surface area contributed by atoms with E-state index in [1.54, 1.807) is 12.1 Å². The molecule has 0 aliphatic carbocycles. The Labute approximate surface area is 173 Å². The largest absolute Gasteiger partial charge is 0.428 e. The van der Waals surface area contributed by atoms with E-state index in [1.165, 1.54) is 0 Å². The van der Waals surface area contributed by atoms with Crippen LogP contribution < -0.4 is 11.1 Å². The maximum Gasteiger partial charge on any atom is 0.413 e. The number of nitrogens with two attached hydrogens (primary N) is 1. The number of anilines is 1. The molecule has 1 fully saturated rings. The average molecular weight is 439 g/mol. The second-order valence-electron chi connectivity index (χ2n) is 7.08. The number of nitrogens with one attached hydrogen (secondary N) is 1. The highest BCUT2D eigenvalue weighted by atomic mass is 32.2. The molecule has 0 radical (unpaired) electrons. The normalized spacial score (nSPS) is 16.8. The molecular formula is C20H23F2N3O4S. The summed E-state index contributed by atoms with van der Waals surface area (Å²) in [4.78, 5) is 11.2. The minimum atomic E-state index is -4.39. The lowest BCUT2D eigenvalue weighted by Gasteiger charge is -2.37. The Hall–Kier alpha value is -2.56. The van der Waals surface area contributed by atoms with E-state index < -0.39 is 38.4 Å². The SMILES string of the molecule is CCc1ccc(NC(=O)OC2(N)CCN(S(=O)(=O)c3c(F)cccc3F)CC2)cc1. The van der Waals surface area contributed by atoms with Gasteiger partial charge >= 0.3 is 6.09 Å². The van der Waals surface area contributed by atoms with Crippen molar-refractivity contribution in [2.24, 2.45) is 5.73 Å². The predicted octanol–water partition coefficient (Wildman–Crippen LogP) is 3.22. The molecule has 0 saturated carbocycles. The van der Waals surface area contributed by atoms with Crippen LogP contribution in [0, 0.1) is 11.6 Å². The van der Waals surface area contributed by atoms with Gasteiger partial charge in [0.2, 0.25) is 10.0 Å². The summed E-state index contributed by atoms with van der Waals surface area (Å²) in [6.45, 7) is 1.72. The van der Waals surface area contributed by atoms with Crippen molar-refractivity contribution in [1.82, 2.24) is 4.31 Å². The minimum Gasteiger partial charge on any atom is -0.428 e. The van der Waals surface area contributed by atoms with Crippen molar-refractivity contribution in [1.29, 1.82) is 0 Å². The Kier molecular flexibility index (Phi) is 6.39. The minimum absolute atomic E-state index is 0.0233. The Morgan fingerprint density at radius 2 is 1.70 bits per heavy atom. The third-order valence-corrected chi connectivity index (χ3v) is 6.94. The number of benzene rings is 2. The van der Waals surface area contributed by atoms with E-state index in [1.807, 2.05) is 19.1 Å². The first-order chi connectivity index (χ1) is 14.1. The number of rotatable bonds is 5. The molecule has 3 N–H and O–H groups in total. The van der Waals surface area contributed by atoms with Crippen LogP contribution in [0.2, 0.25) is 0 Å². The van der Waals surface area contributed by atoms with Gasteiger partial charge in [-0.05, 0) is 36.2 Å². The lowest BCUT2D eigenvalue weighted by molar-refractivity contribution is -0.0116. The fourth-order valence-electron chi connectivity index (χ4n) is 3.22. The van der Waals surface area contributed by atoms with Crippen molar-refractivity contribution in [3.8, 4) is 0 Å². The first kappa shape index (κ1) is 22.1. The van der Waals surface area contributed by atoms with Crippen LogP contribution in [-0.4, -0.2) is 37.6 Å². The van der Waals surface area contributed by atoms with Crippen LogP contribution in [0.5, 0.6) is 0 Å². The lowest BCUT2D eigenvalue weighted by atomic mass is 10.0. The van der Waals surface area contributed by atoms with Crippen LogP contribution in [0.15, 0.2) is 47.4 Å². The molecule has 2 aromatic carbocycles. The summed E-state index contributed by atoms with van der Waals surface area (Å²) < 4.78 is 59.4. The lowest BCUT2D eigenvalue weighted by Crippen LogP contribution is -2.54. The van der Waals surface area contributed by atoms with Crippen molar-refractivity contribution < 1.29 is 26.7 Å². The first-order valence-electron chi connectivity index (χ1n) is 9.46. The highest BCUT2D eigenvalue weighted by molar-refractivity contribution is 7.89. The molecule has 2 aromatic rings. The fourth-order valence-corrected chi connectivity index (χ4v) is 4.77. The molecule has 0 atom stereocenters. The number of halogens is 2. The Morgan fingerprint density at radius 1 is 1.13 bits per heavy atom. The number of sulfonamides is 1. The molecule has 0 aromatic heterocycles.